The van der Waals surface area contributed by atoms with Crippen molar-refractivity contribution < 1.29 is 13.2 Å². The van der Waals surface area contributed by atoms with E-state index in [4.69, 9.17) is 0 Å². The Kier molecular flexibility index (Phi) is 3.37. The molecule has 76 valence electrons. The molecule has 14 heavy (non-hydrogen) atoms. The Hall–Kier alpha value is -1.21. The fraction of sp³-hybridized carbons (Fsp3) is 0.364. The second-order valence-electron chi connectivity index (χ2n) is 2.96. The van der Waals surface area contributed by atoms with E-state index in [1.54, 1.807) is 0 Å². The highest BCUT2D eigenvalue weighted by Crippen LogP contribution is 2.26. The zero-order valence-corrected chi connectivity index (χ0v) is 7.86. The third-order valence-electron chi connectivity index (χ3n) is 1.93. The molecule has 0 aliphatic heterocycles. The van der Waals surface area contributed by atoms with Crippen molar-refractivity contribution in [1.29, 1.82) is 0 Å². The van der Waals surface area contributed by atoms with Crippen molar-refractivity contribution in [2.45, 2.75) is 25.9 Å². The van der Waals surface area contributed by atoms with Crippen molar-refractivity contribution >= 4 is 0 Å². The zero-order chi connectivity index (χ0) is 10.6. The number of rotatable bonds is 1. The third-order valence-corrected chi connectivity index (χ3v) is 1.93. The zero-order valence-electron chi connectivity index (χ0n) is 7.86. The van der Waals surface area contributed by atoms with Gasteiger partial charge in [0.05, 0.1) is 5.57 Å². The van der Waals surface area contributed by atoms with E-state index in [0.717, 1.165) is 18.1 Å². The van der Waals surface area contributed by atoms with Crippen LogP contribution in [0.1, 0.15) is 19.8 Å². The lowest BCUT2D eigenvalue weighted by Gasteiger charge is -2.06. The van der Waals surface area contributed by atoms with Crippen LogP contribution in [0.25, 0.3) is 0 Å². The molecular formula is C11H11F3. The standard InChI is InChI=1S/C11H11F3/c1-2-9-5-3-4-6-10(8-7-9)11(12,13)14/h4-5,7-8H,2-3H2,1H3. The summed E-state index contributed by atoms with van der Waals surface area (Å²) in [5, 5.41) is 0. The van der Waals surface area contributed by atoms with Gasteiger partial charge in [0, 0.05) is 0 Å². The lowest BCUT2D eigenvalue weighted by atomic mass is 10.1. The van der Waals surface area contributed by atoms with Crippen LogP contribution in [-0.4, -0.2) is 6.18 Å². The molecule has 3 heteroatoms. The highest BCUT2D eigenvalue weighted by Gasteiger charge is 2.31. The Morgan fingerprint density at radius 1 is 1.36 bits per heavy atom. The van der Waals surface area contributed by atoms with E-state index in [9.17, 15) is 13.2 Å². The Morgan fingerprint density at radius 2 is 2.07 bits per heavy atom. The van der Waals surface area contributed by atoms with Crippen molar-refractivity contribution in [1.82, 2.24) is 0 Å². The minimum atomic E-state index is -4.30. The van der Waals surface area contributed by atoms with Crippen molar-refractivity contribution in [2.24, 2.45) is 0 Å². The normalized spacial score (nSPS) is 17.1. The average molecular weight is 200 g/mol. The van der Waals surface area contributed by atoms with Gasteiger partial charge in [-0.1, -0.05) is 24.6 Å². The molecule has 1 aliphatic carbocycles. The summed E-state index contributed by atoms with van der Waals surface area (Å²) in [6.45, 7) is 1.92. The summed E-state index contributed by atoms with van der Waals surface area (Å²) in [4.78, 5) is 0. The molecule has 0 spiro atoms. The smallest absolute Gasteiger partial charge is 0.165 e. The number of hydrogen-bond donors (Lipinski definition) is 0. The molecule has 0 bridgehead atoms. The number of hydrogen-bond acceptors (Lipinski definition) is 0. The summed E-state index contributed by atoms with van der Waals surface area (Å²) in [5.41, 5.74) is 2.45. The second-order valence-corrected chi connectivity index (χ2v) is 2.96. The van der Waals surface area contributed by atoms with Crippen molar-refractivity contribution in [2.75, 3.05) is 0 Å². The van der Waals surface area contributed by atoms with E-state index < -0.39 is 11.7 Å². The Bertz CT molecular complexity index is 323. The van der Waals surface area contributed by atoms with Gasteiger partial charge in [-0.25, -0.2) is 0 Å². The van der Waals surface area contributed by atoms with E-state index in [0.29, 0.717) is 6.42 Å². The maximum atomic E-state index is 12.3. The van der Waals surface area contributed by atoms with Crippen molar-refractivity contribution in [3.8, 4) is 0 Å². The first-order valence-corrected chi connectivity index (χ1v) is 4.43. The Morgan fingerprint density at radius 3 is 2.64 bits per heavy atom. The Labute approximate surface area is 81.1 Å². The van der Waals surface area contributed by atoms with Gasteiger partial charge < -0.3 is 0 Å². The molecule has 0 radical (unpaired) electrons. The summed E-state index contributed by atoms with van der Waals surface area (Å²) in [6, 6.07) is 0. The lowest BCUT2D eigenvalue weighted by molar-refractivity contribution is -0.0880. The molecule has 0 N–H and O–H groups in total. The first-order valence-electron chi connectivity index (χ1n) is 4.43. The van der Waals surface area contributed by atoms with Crippen LogP contribution in [0.5, 0.6) is 0 Å². The molecule has 0 saturated heterocycles. The van der Waals surface area contributed by atoms with E-state index in [-0.39, 0.29) is 0 Å². The van der Waals surface area contributed by atoms with Crippen LogP contribution in [0.3, 0.4) is 0 Å². The van der Waals surface area contributed by atoms with Crippen LogP contribution in [0.15, 0.2) is 41.2 Å². The van der Waals surface area contributed by atoms with Gasteiger partial charge in [-0.2, -0.15) is 13.2 Å². The molecule has 0 fully saturated rings. The number of halogens is 3. The van der Waals surface area contributed by atoms with Gasteiger partial charge in [-0.3, -0.25) is 0 Å². The largest absolute Gasteiger partial charge is 0.423 e. The molecule has 0 nitrogen and oxygen atoms in total. The van der Waals surface area contributed by atoms with E-state index >= 15 is 0 Å². The summed E-state index contributed by atoms with van der Waals surface area (Å²) in [6.07, 6.45) is 2.83. The minimum Gasteiger partial charge on any atom is -0.165 e. The number of allylic oxidation sites excluding steroid dienone is 5. The fourth-order valence-corrected chi connectivity index (χ4v) is 1.12. The lowest BCUT2D eigenvalue weighted by Crippen LogP contribution is -2.09. The van der Waals surface area contributed by atoms with Gasteiger partial charge >= 0.3 is 6.18 Å². The highest BCUT2D eigenvalue weighted by molar-refractivity contribution is 5.32. The summed E-state index contributed by atoms with van der Waals surface area (Å²) in [5.74, 6) is 0. The first kappa shape index (κ1) is 10.9. The molecule has 0 saturated carbocycles. The quantitative estimate of drug-likeness (QED) is 0.562. The van der Waals surface area contributed by atoms with Crippen LogP contribution >= 0.6 is 0 Å². The number of alkyl halides is 3. The molecule has 1 aliphatic rings. The van der Waals surface area contributed by atoms with Gasteiger partial charge in [-0.05, 0) is 25.0 Å². The SMILES string of the molecule is CCC1=CCC=C=C(C(F)(F)F)C=C1. The van der Waals surface area contributed by atoms with Crippen LogP contribution in [0.4, 0.5) is 13.2 Å². The maximum absolute atomic E-state index is 12.3. The fourth-order valence-electron chi connectivity index (χ4n) is 1.12. The van der Waals surface area contributed by atoms with Crippen molar-refractivity contribution in [3.05, 3.63) is 41.2 Å². The topological polar surface area (TPSA) is 0 Å². The van der Waals surface area contributed by atoms with Crippen LogP contribution in [0, 0.1) is 0 Å². The average Bonchev–Trinajstić information content (AvgIpc) is 2.01. The molecule has 0 aromatic rings. The van der Waals surface area contributed by atoms with Crippen LogP contribution in [0.2, 0.25) is 0 Å². The summed E-state index contributed by atoms with van der Waals surface area (Å²) < 4.78 is 36.9. The van der Waals surface area contributed by atoms with Crippen LogP contribution in [-0.2, 0) is 0 Å². The molecule has 0 heterocycles. The van der Waals surface area contributed by atoms with E-state index in [1.165, 1.54) is 12.2 Å². The van der Waals surface area contributed by atoms with Gasteiger partial charge in [0.25, 0.3) is 0 Å². The maximum Gasteiger partial charge on any atom is 0.423 e. The predicted octanol–water partition coefficient (Wildman–Crippen LogP) is 3.93. The van der Waals surface area contributed by atoms with Crippen LogP contribution < -0.4 is 0 Å². The Balaban J connectivity index is 2.96. The monoisotopic (exact) mass is 200 g/mol. The minimum absolute atomic E-state index is 0.507. The van der Waals surface area contributed by atoms with Crippen molar-refractivity contribution in [3.63, 3.8) is 0 Å². The molecule has 1 rings (SSSR count). The molecule has 0 amide bonds. The first-order chi connectivity index (χ1) is 6.54. The molecule has 0 unspecified atom stereocenters. The molecule has 0 aromatic heterocycles. The molecular weight excluding hydrogens is 189 g/mol. The molecule has 0 atom stereocenters. The van der Waals surface area contributed by atoms with Gasteiger partial charge in [-0.15, -0.1) is 5.73 Å². The summed E-state index contributed by atoms with van der Waals surface area (Å²) in [7, 11) is 0. The van der Waals surface area contributed by atoms with E-state index in [2.05, 4.69) is 5.73 Å². The van der Waals surface area contributed by atoms with E-state index in [1.807, 2.05) is 13.0 Å². The highest BCUT2D eigenvalue weighted by atomic mass is 19.4. The second kappa shape index (κ2) is 4.34. The third kappa shape index (κ3) is 2.93. The summed E-state index contributed by atoms with van der Waals surface area (Å²) >= 11 is 0. The van der Waals surface area contributed by atoms with Gasteiger partial charge in [0.15, 0.2) is 0 Å². The molecule has 0 aromatic carbocycles. The predicted molar refractivity (Wildman–Crippen MR) is 49.8 cm³/mol. The van der Waals surface area contributed by atoms with Gasteiger partial charge in [0.2, 0.25) is 0 Å². The van der Waals surface area contributed by atoms with Gasteiger partial charge in [0.1, 0.15) is 0 Å².